The average molecular weight is 215 g/mol. The molecule has 0 saturated heterocycles. The van der Waals surface area contributed by atoms with E-state index in [1.165, 1.54) is 0 Å². The normalized spacial score (nSPS) is 9.94. The van der Waals surface area contributed by atoms with Crippen LogP contribution in [0, 0.1) is 12.3 Å². The number of carboxylic acid groups (broad SMARTS) is 1. The number of hydrogen-bond donors (Lipinski definition) is 3. The van der Waals surface area contributed by atoms with Gasteiger partial charge in [-0.15, -0.1) is 6.42 Å². The van der Waals surface area contributed by atoms with Gasteiger partial charge in [0.1, 0.15) is 5.82 Å². The quantitative estimate of drug-likeness (QED) is 0.661. The van der Waals surface area contributed by atoms with E-state index in [2.05, 4.69) is 21.2 Å². The number of benzene rings is 1. The summed E-state index contributed by atoms with van der Waals surface area (Å²) in [6.07, 6.45) is 4.19. The lowest BCUT2D eigenvalue weighted by Gasteiger charge is -1.94. The van der Waals surface area contributed by atoms with Gasteiger partial charge in [-0.05, 0) is 18.2 Å². The first kappa shape index (κ1) is 10.1. The van der Waals surface area contributed by atoms with E-state index >= 15 is 0 Å². The molecule has 1 amide bonds. The van der Waals surface area contributed by atoms with Crippen LogP contribution in [0.5, 0.6) is 0 Å². The lowest BCUT2D eigenvalue weighted by molar-refractivity contribution is 0.193. The van der Waals surface area contributed by atoms with E-state index in [0.717, 1.165) is 16.6 Å². The minimum Gasteiger partial charge on any atom is -0.465 e. The molecule has 0 spiro atoms. The number of aromatic nitrogens is 2. The summed E-state index contributed by atoms with van der Waals surface area (Å²) in [7, 11) is 0. The van der Waals surface area contributed by atoms with E-state index < -0.39 is 6.09 Å². The number of amides is 1. The molecule has 0 unspecified atom stereocenters. The summed E-state index contributed by atoms with van der Waals surface area (Å²) >= 11 is 0. The molecule has 80 valence electrons. The summed E-state index contributed by atoms with van der Waals surface area (Å²) in [6, 6.07) is 5.38. The first-order valence-corrected chi connectivity index (χ1v) is 4.61. The molecule has 5 nitrogen and oxygen atoms in total. The van der Waals surface area contributed by atoms with Crippen LogP contribution in [0.25, 0.3) is 11.0 Å². The molecular formula is C11H9N3O2. The fourth-order valence-corrected chi connectivity index (χ4v) is 1.40. The van der Waals surface area contributed by atoms with Crippen LogP contribution in [-0.4, -0.2) is 21.2 Å². The smallest absolute Gasteiger partial charge is 0.405 e. The Kier molecular flexibility index (Phi) is 2.48. The Morgan fingerprint density at radius 1 is 1.62 bits per heavy atom. The Labute approximate surface area is 91.5 Å². The van der Waals surface area contributed by atoms with Crippen LogP contribution in [0.15, 0.2) is 18.2 Å². The van der Waals surface area contributed by atoms with Crippen molar-refractivity contribution in [2.75, 3.05) is 0 Å². The molecule has 1 aromatic carbocycles. The topological polar surface area (TPSA) is 78.0 Å². The first-order valence-electron chi connectivity index (χ1n) is 4.61. The molecular weight excluding hydrogens is 206 g/mol. The minimum atomic E-state index is -1.08. The van der Waals surface area contributed by atoms with E-state index in [1.54, 1.807) is 18.2 Å². The maximum Gasteiger partial charge on any atom is 0.405 e. The number of rotatable bonds is 2. The van der Waals surface area contributed by atoms with E-state index in [1.807, 2.05) is 0 Å². The average Bonchev–Trinajstić information content (AvgIpc) is 2.67. The van der Waals surface area contributed by atoms with Crippen LogP contribution in [0.2, 0.25) is 0 Å². The first-order chi connectivity index (χ1) is 7.69. The van der Waals surface area contributed by atoms with Gasteiger partial charge in [-0.3, -0.25) is 0 Å². The van der Waals surface area contributed by atoms with Crippen LogP contribution < -0.4 is 5.32 Å². The zero-order valence-electron chi connectivity index (χ0n) is 8.32. The summed E-state index contributed by atoms with van der Waals surface area (Å²) in [4.78, 5) is 17.5. The lowest BCUT2D eigenvalue weighted by Crippen LogP contribution is -2.20. The Balaban J connectivity index is 2.30. The third-order valence-electron chi connectivity index (χ3n) is 2.10. The number of carbonyl (C=O) groups is 1. The van der Waals surface area contributed by atoms with E-state index in [-0.39, 0.29) is 6.54 Å². The van der Waals surface area contributed by atoms with Gasteiger partial charge in [0, 0.05) is 5.56 Å². The Bertz CT molecular complexity index is 580. The summed E-state index contributed by atoms with van der Waals surface area (Å²) in [5, 5.41) is 10.7. The van der Waals surface area contributed by atoms with E-state index in [0.29, 0.717) is 5.82 Å². The predicted molar refractivity (Wildman–Crippen MR) is 58.9 cm³/mol. The Hall–Kier alpha value is -2.48. The number of nitrogens with zero attached hydrogens (tertiary/aromatic N) is 1. The highest BCUT2D eigenvalue weighted by Crippen LogP contribution is 2.13. The molecule has 2 rings (SSSR count). The number of terminal acetylenes is 1. The van der Waals surface area contributed by atoms with Crippen LogP contribution in [-0.2, 0) is 6.54 Å². The van der Waals surface area contributed by atoms with Crippen molar-refractivity contribution in [1.29, 1.82) is 0 Å². The second kappa shape index (κ2) is 3.95. The largest absolute Gasteiger partial charge is 0.465 e. The molecule has 0 bridgehead atoms. The molecule has 0 saturated carbocycles. The summed E-state index contributed by atoms with van der Waals surface area (Å²) < 4.78 is 0. The molecule has 0 atom stereocenters. The molecule has 0 fully saturated rings. The number of imidazole rings is 1. The van der Waals surface area contributed by atoms with Gasteiger partial charge in [-0.2, -0.15) is 0 Å². The maximum atomic E-state index is 10.3. The standard InChI is InChI=1S/C11H9N3O2/c1-2-7-3-4-8-9(5-7)14-10(13-8)6-12-11(15)16/h1,3-5,12H,6H2,(H,13,14)(H,15,16). The highest BCUT2D eigenvalue weighted by molar-refractivity contribution is 5.77. The van der Waals surface area contributed by atoms with Crippen LogP contribution >= 0.6 is 0 Å². The van der Waals surface area contributed by atoms with Gasteiger partial charge >= 0.3 is 6.09 Å². The molecule has 0 radical (unpaired) electrons. The molecule has 1 aromatic heterocycles. The van der Waals surface area contributed by atoms with Gasteiger partial charge in [0.15, 0.2) is 0 Å². The summed E-state index contributed by atoms with van der Waals surface area (Å²) in [5.74, 6) is 3.08. The van der Waals surface area contributed by atoms with Crippen LogP contribution in [0.1, 0.15) is 11.4 Å². The SMILES string of the molecule is C#Cc1ccc2nc(CNC(=O)O)[nH]c2c1. The van der Waals surface area contributed by atoms with Crippen molar-refractivity contribution in [2.24, 2.45) is 0 Å². The van der Waals surface area contributed by atoms with Crippen molar-refractivity contribution in [3.05, 3.63) is 29.6 Å². The second-order valence-electron chi connectivity index (χ2n) is 3.22. The lowest BCUT2D eigenvalue weighted by atomic mass is 10.2. The summed E-state index contributed by atoms with van der Waals surface area (Å²) in [6.45, 7) is 0.148. The monoisotopic (exact) mass is 215 g/mol. The van der Waals surface area contributed by atoms with Gasteiger partial charge in [-0.1, -0.05) is 5.92 Å². The molecule has 16 heavy (non-hydrogen) atoms. The van der Waals surface area contributed by atoms with Gasteiger partial charge in [-0.25, -0.2) is 9.78 Å². The number of fused-ring (bicyclic) bond motifs is 1. The molecule has 3 N–H and O–H groups in total. The molecule has 5 heteroatoms. The zero-order chi connectivity index (χ0) is 11.5. The van der Waals surface area contributed by atoms with Crippen LogP contribution in [0.4, 0.5) is 4.79 Å². The highest BCUT2D eigenvalue weighted by Gasteiger charge is 2.04. The van der Waals surface area contributed by atoms with Crippen molar-refractivity contribution in [2.45, 2.75) is 6.54 Å². The maximum absolute atomic E-state index is 10.3. The molecule has 0 aliphatic rings. The fraction of sp³-hybridized carbons (Fsp3) is 0.0909. The minimum absolute atomic E-state index is 0.148. The molecule has 2 aromatic rings. The van der Waals surface area contributed by atoms with Gasteiger partial charge in [0.25, 0.3) is 0 Å². The number of aromatic amines is 1. The molecule has 0 aliphatic carbocycles. The van der Waals surface area contributed by atoms with Crippen molar-refractivity contribution in [3.63, 3.8) is 0 Å². The van der Waals surface area contributed by atoms with Crippen molar-refractivity contribution in [3.8, 4) is 12.3 Å². The number of hydrogen-bond acceptors (Lipinski definition) is 2. The molecule has 0 aliphatic heterocycles. The van der Waals surface area contributed by atoms with Crippen molar-refractivity contribution >= 4 is 17.1 Å². The summed E-state index contributed by atoms with van der Waals surface area (Å²) in [5.41, 5.74) is 2.33. The van der Waals surface area contributed by atoms with Gasteiger partial charge in [0.2, 0.25) is 0 Å². The van der Waals surface area contributed by atoms with Crippen LogP contribution in [0.3, 0.4) is 0 Å². The number of H-pyrrole nitrogens is 1. The van der Waals surface area contributed by atoms with Gasteiger partial charge < -0.3 is 15.4 Å². The van der Waals surface area contributed by atoms with E-state index in [9.17, 15) is 4.79 Å². The fourth-order valence-electron chi connectivity index (χ4n) is 1.40. The van der Waals surface area contributed by atoms with Gasteiger partial charge in [0.05, 0.1) is 17.6 Å². The zero-order valence-corrected chi connectivity index (χ0v) is 8.32. The van der Waals surface area contributed by atoms with E-state index in [4.69, 9.17) is 11.5 Å². The van der Waals surface area contributed by atoms with Crippen molar-refractivity contribution in [1.82, 2.24) is 15.3 Å². The third-order valence-corrected chi connectivity index (χ3v) is 2.10. The second-order valence-corrected chi connectivity index (χ2v) is 3.22. The number of nitrogens with one attached hydrogen (secondary N) is 2. The Morgan fingerprint density at radius 2 is 2.44 bits per heavy atom. The predicted octanol–water partition coefficient (Wildman–Crippen LogP) is 1.31. The third kappa shape index (κ3) is 1.96. The Morgan fingerprint density at radius 3 is 3.12 bits per heavy atom. The highest BCUT2D eigenvalue weighted by atomic mass is 16.4. The van der Waals surface area contributed by atoms with Crippen molar-refractivity contribution < 1.29 is 9.90 Å². The molecule has 1 heterocycles.